The van der Waals surface area contributed by atoms with E-state index in [9.17, 15) is 0 Å². The minimum atomic E-state index is 0.259. The van der Waals surface area contributed by atoms with Crippen LogP contribution in [0.2, 0.25) is 5.15 Å². The van der Waals surface area contributed by atoms with Crippen molar-refractivity contribution in [2.24, 2.45) is 0 Å². The summed E-state index contributed by atoms with van der Waals surface area (Å²) >= 11 is 12.0. The average Bonchev–Trinajstić information content (AvgIpc) is 2.64. The van der Waals surface area contributed by atoms with Crippen molar-refractivity contribution in [3.05, 3.63) is 34.0 Å². The van der Waals surface area contributed by atoms with Gasteiger partial charge in [-0.3, -0.25) is 0 Å². The summed E-state index contributed by atoms with van der Waals surface area (Å²) in [7, 11) is 0. The van der Waals surface area contributed by atoms with E-state index in [1.807, 2.05) is 13.8 Å². The molecule has 6 heteroatoms. The standard InChI is InChI=1S/C12H14Cl2N4/c1-4-9-7(2)17-18(8(9)3)12-10(5-13)11(14)15-6-16-12/h6H,4-5H2,1-3H3. The quantitative estimate of drug-likeness (QED) is 0.642. The van der Waals surface area contributed by atoms with E-state index in [0.717, 1.165) is 17.8 Å². The van der Waals surface area contributed by atoms with Gasteiger partial charge in [-0.25, -0.2) is 14.6 Å². The number of rotatable bonds is 3. The van der Waals surface area contributed by atoms with Crippen molar-refractivity contribution in [3.63, 3.8) is 0 Å². The number of nitrogens with zero attached hydrogens (tertiary/aromatic N) is 4. The second kappa shape index (κ2) is 5.24. The molecule has 0 aromatic carbocycles. The second-order valence-electron chi connectivity index (χ2n) is 4.02. The molecule has 18 heavy (non-hydrogen) atoms. The van der Waals surface area contributed by atoms with Crippen LogP contribution in [-0.4, -0.2) is 19.7 Å². The summed E-state index contributed by atoms with van der Waals surface area (Å²) in [4.78, 5) is 8.19. The Hall–Kier alpha value is -1.13. The molecule has 0 N–H and O–H groups in total. The van der Waals surface area contributed by atoms with Crippen LogP contribution in [0.1, 0.15) is 29.4 Å². The zero-order chi connectivity index (χ0) is 13.3. The molecule has 4 nitrogen and oxygen atoms in total. The van der Waals surface area contributed by atoms with E-state index in [-0.39, 0.29) is 5.88 Å². The highest BCUT2D eigenvalue weighted by Gasteiger charge is 2.16. The van der Waals surface area contributed by atoms with Gasteiger partial charge in [0.2, 0.25) is 0 Å². The Balaban J connectivity index is 2.66. The first kappa shape index (κ1) is 13.3. The highest BCUT2D eigenvalue weighted by atomic mass is 35.5. The fourth-order valence-corrected chi connectivity index (χ4v) is 2.58. The normalized spacial score (nSPS) is 10.9. The lowest BCUT2D eigenvalue weighted by Crippen LogP contribution is -2.07. The van der Waals surface area contributed by atoms with Crippen molar-refractivity contribution in [3.8, 4) is 5.82 Å². The summed E-state index contributed by atoms with van der Waals surface area (Å²) in [6.07, 6.45) is 2.36. The first-order valence-corrected chi connectivity index (χ1v) is 6.62. The number of aryl methyl sites for hydroxylation is 1. The number of halogens is 2. The third-order valence-electron chi connectivity index (χ3n) is 3.00. The van der Waals surface area contributed by atoms with Crippen LogP contribution in [0.25, 0.3) is 5.82 Å². The van der Waals surface area contributed by atoms with Crippen molar-refractivity contribution in [2.75, 3.05) is 0 Å². The monoisotopic (exact) mass is 284 g/mol. The highest BCUT2D eigenvalue weighted by molar-refractivity contribution is 6.31. The van der Waals surface area contributed by atoms with Crippen molar-refractivity contribution < 1.29 is 0 Å². The molecule has 0 saturated carbocycles. The van der Waals surface area contributed by atoms with Crippen molar-refractivity contribution in [1.29, 1.82) is 0 Å². The van der Waals surface area contributed by atoms with E-state index < -0.39 is 0 Å². The fraction of sp³-hybridized carbons (Fsp3) is 0.417. The minimum absolute atomic E-state index is 0.259. The van der Waals surface area contributed by atoms with Gasteiger partial charge in [0, 0.05) is 11.3 Å². The number of aromatic nitrogens is 4. The fourth-order valence-electron chi connectivity index (χ4n) is 2.07. The maximum atomic E-state index is 6.04. The molecule has 0 saturated heterocycles. The largest absolute Gasteiger partial charge is 0.224 e. The Morgan fingerprint density at radius 2 is 1.94 bits per heavy atom. The van der Waals surface area contributed by atoms with Gasteiger partial charge in [-0.1, -0.05) is 18.5 Å². The molecular weight excluding hydrogens is 271 g/mol. The Kier molecular flexibility index (Phi) is 3.88. The van der Waals surface area contributed by atoms with Crippen LogP contribution in [0.5, 0.6) is 0 Å². The molecule has 2 rings (SSSR count). The lowest BCUT2D eigenvalue weighted by Gasteiger charge is -2.08. The van der Waals surface area contributed by atoms with Gasteiger partial charge in [0.05, 0.1) is 11.6 Å². The molecular formula is C12H14Cl2N4. The molecule has 0 amide bonds. The van der Waals surface area contributed by atoms with Crippen molar-refractivity contribution >= 4 is 23.2 Å². The second-order valence-corrected chi connectivity index (χ2v) is 4.64. The number of alkyl halides is 1. The molecule has 0 bridgehead atoms. The maximum Gasteiger partial charge on any atom is 0.162 e. The summed E-state index contributed by atoms with van der Waals surface area (Å²) in [5.41, 5.74) is 4.00. The van der Waals surface area contributed by atoms with Crippen LogP contribution in [0.4, 0.5) is 0 Å². The summed E-state index contributed by atoms with van der Waals surface area (Å²) in [5.74, 6) is 0.916. The number of hydrogen-bond donors (Lipinski definition) is 0. The third-order valence-corrected chi connectivity index (χ3v) is 3.59. The van der Waals surface area contributed by atoms with Gasteiger partial charge >= 0.3 is 0 Å². The first-order valence-electron chi connectivity index (χ1n) is 5.70. The van der Waals surface area contributed by atoms with E-state index in [0.29, 0.717) is 16.5 Å². The van der Waals surface area contributed by atoms with E-state index in [1.165, 1.54) is 11.9 Å². The van der Waals surface area contributed by atoms with Crippen LogP contribution in [0.3, 0.4) is 0 Å². The summed E-state index contributed by atoms with van der Waals surface area (Å²) in [6, 6.07) is 0. The summed E-state index contributed by atoms with van der Waals surface area (Å²) in [6.45, 7) is 6.12. The van der Waals surface area contributed by atoms with E-state index in [1.54, 1.807) is 4.68 Å². The van der Waals surface area contributed by atoms with E-state index in [4.69, 9.17) is 23.2 Å². The third kappa shape index (κ3) is 2.10. The molecule has 0 aliphatic rings. The predicted molar refractivity (Wildman–Crippen MR) is 72.6 cm³/mol. The molecule has 96 valence electrons. The van der Waals surface area contributed by atoms with Crippen LogP contribution in [0.15, 0.2) is 6.33 Å². The molecule has 2 aromatic heterocycles. The Morgan fingerprint density at radius 3 is 2.50 bits per heavy atom. The van der Waals surface area contributed by atoms with Gasteiger partial charge in [0.1, 0.15) is 11.5 Å². The molecule has 0 fully saturated rings. The summed E-state index contributed by atoms with van der Waals surface area (Å²) in [5, 5.41) is 4.89. The van der Waals surface area contributed by atoms with Crippen molar-refractivity contribution in [1.82, 2.24) is 19.7 Å². The first-order chi connectivity index (χ1) is 8.60. The van der Waals surface area contributed by atoms with Crippen LogP contribution < -0.4 is 0 Å². The van der Waals surface area contributed by atoms with Gasteiger partial charge < -0.3 is 0 Å². The highest BCUT2D eigenvalue weighted by Crippen LogP contribution is 2.24. The Bertz CT molecular complexity index is 578. The molecule has 0 spiro atoms. The molecule has 2 aromatic rings. The smallest absolute Gasteiger partial charge is 0.162 e. The molecule has 2 heterocycles. The Labute approximate surface area is 116 Å². The summed E-state index contributed by atoms with van der Waals surface area (Å²) < 4.78 is 1.79. The van der Waals surface area contributed by atoms with Gasteiger partial charge in [0.15, 0.2) is 5.82 Å². The zero-order valence-corrected chi connectivity index (χ0v) is 12.0. The predicted octanol–water partition coefficient (Wildman–Crippen LogP) is 3.23. The lowest BCUT2D eigenvalue weighted by atomic mass is 10.1. The minimum Gasteiger partial charge on any atom is -0.224 e. The number of hydrogen-bond acceptors (Lipinski definition) is 3. The SMILES string of the molecule is CCc1c(C)nn(-c2ncnc(Cl)c2CCl)c1C. The van der Waals surface area contributed by atoms with Gasteiger partial charge in [-0.15, -0.1) is 11.6 Å². The van der Waals surface area contributed by atoms with Crippen LogP contribution in [-0.2, 0) is 12.3 Å². The van der Waals surface area contributed by atoms with E-state index >= 15 is 0 Å². The van der Waals surface area contributed by atoms with Gasteiger partial charge in [-0.2, -0.15) is 5.10 Å². The molecule has 0 unspecified atom stereocenters. The van der Waals surface area contributed by atoms with Crippen molar-refractivity contribution in [2.45, 2.75) is 33.1 Å². The van der Waals surface area contributed by atoms with Gasteiger partial charge in [0.25, 0.3) is 0 Å². The molecule has 0 radical (unpaired) electrons. The maximum absolute atomic E-state index is 6.04. The van der Waals surface area contributed by atoms with E-state index in [2.05, 4.69) is 22.0 Å². The zero-order valence-electron chi connectivity index (χ0n) is 10.5. The molecule has 0 atom stereocenters. The lowest BCUT2D eigenvalue weighted by molar-refractivity contribution is 0.790. The molecule has 0 aliphatic heterocycles. The Morgan fingerprint density at radius 1 is 1.22 bits per heavy atom. The van der Waals surface area contributed by atoms with Crippen LogP contribution >= 0.6 is 23.2 Å². The van der Waals surface area contributed by atoms with Crippen LogP contribution in [0, 0.1) is 13.8 Å². The van der Waals surface area contributed by atoms with Gasteiger partial charge in [-0.05, 0) is 25.8 Å². The molecule has 0 aliphatic carbocycles. The average molecular weight is 285 g/mol. The topological polar surface area (TPSA) is 43.6 Å².